The van der Waals surface area contributed by atoms with Crippen molar-refractivity contribution in [1.82, 2.24) is 14.5 Å². The molecule has 0 atom stereocenters. The first-order chi connectivity index (χ1) is 12.8. The maximum atomic E-state index is 13.9. The van der Waals surface area contributed by atoms with Crippen LogP contribution in [0.25, 0.3) is 11.0 Å². The van der Waals surface area contributed by atoms with Crippen LogP contribution < -0.4 is 0 Å². The van der Waals surface area contributed by atoms with E-state index in [1.165, 1.54) is 16.7 Å². The summed E-state index contributed by atoms with van der Waals surface area (Å²) in [6.45, 7) is -0.378. The number of nitrogens with zero attached hydrogens (tertiary/aromatic N) is 3. The minimum Gasteiger partial charge on any atom is -0.334 e. The van der Waals surface area contributed by atoms with Gasteiger partial charge in [-0.15, -0.1) is 0 Å². The molecule has 0 spiro atoms. The highest BCUT2D eigenvalue weighted by Gasteiger charge is 2.64. The van der Waals surface area contributed by atoms with Crippen molar-refractivity contribution in [3.8, 4) is 0 Å². The molecule has 5 nitrogen and oxygen atoms in total. The van der Waals surface area contributed by atoms with Gasteiger partial charge < -0.3 is 14.0 Å². The lowest BCUT2D eigenvalue weighted by molar-refractivity contribution is -0.356. The van der Waals surface area contributed by atoms with Crippen molar-refractivity contribution in [3.63, 3.8) is 0 Å². The number of halogens is 5. The number of aromatic nitrogens is 3. The van der Waals surface area contributed by atoms with Crippen LogP contribution in [0.15, 0.2) is 36.5 Å². The largest absolute Gasteiger partial charge is 0.451 e. The van der Waals surface area contributed by atoms with Gasteiger partial charge >= 0.3 is 12.0 Å². The molecule has 3 heterocycles. The maximum Gasteiger partial charge on any atom is 0.451 e. The average Bonchev–Trinajstić information content (AvgIpc) is 3.23. The minimum absolute atomic E-state index is 0.0230. The molecule has 0 radical (unpaired) electrons. The predicted octanol–water partition coefficient (Wildman–Crippen LogP) is 4.55. The van der Waals surface area contributed by atoms with Crippen molar-refractivity contribution in [2.45, 2.75) is 18.5 Å². The van der Waals surface area contributed by atoms with Gasteiger partial charge in [0.1, 0.15) is 0 Å². The van der Waals surface area contributed by atoms with Gasteiger partial charge in [0.2, 0.25) is 0 Å². The molecule has 0 unspecified atom stereocenters. The van der Waals surface area contributed by atoms with E-state index in [9.17, 15) is 13.2 Å². The standard InChI is InChI=1S/C17H12Cl2F3N3O2/c18-11-7-13-14(8-12(11)19)25(9-10-3-1-2-4-23-10)15(24-13)16(17(20,21)22)26-5-6-27-16/h1-4,7-8H,5-6,9H2. The van der Waals surface area contributed by atoms with Crippen LogP contribution >= 0.6 is 23.2 Å². The molecule has 2 aromatic heterocycles. The van der Waals surface area contributed by atoms with Crippen molar-refractivity contribution in [3.05, 3.63) is 58.1 Å². The molecule has 0 amide bonds. The summed E-state index contributed by atoms with van der Waals surface area (Å²) in [6, 6.07) is 8.04. The van der Waals surface area contributed by atoms with Crippen molar-refractivity contribution in [2.24, 2.45) is 0 Å². The third-order valence-corrected chi connectivity index (χ3v) is 4.92. The molecular formula is C17H12Cl2F3N3O2. The number of pyridine rings is 1. The molecule has 1 aromatic carbocycles. The Balaban J connectivity index is 1.97. The van der Waals surface area contributed by atoms with Gasteiger partial charge in [0.15, 0.2) is 5.82 Å². The summed E-state index contributed by atoms with van der Waals surface area (Å²) in [4.78, 5) is 8.34. The molecule has 1 fully saturated rings. The first-order valence-corrected chi connectivity index (χ1v) is 8.68. The quantitative estimate of drug-likeness (QED) is 0.627. The Bertz CT molecular complexity index is 986. The number of hydrogen-bond acceptors (Lipinski definition) is 4. The maximum absolute atomic E-state index is 13.9. The summed E-state index contributed by atoms with van der Waals surface area (Å²) in [7, 11) is 0. The second-order valence-corrected chi connectivity index (χ2v) is 6.72. The molecule has 1 aliphatic rings. The number of ether oxygens (including phenoxy) is 2. The normalized spacial score (nSPS) is 16.9. The number of imidazole rings is 1. The number of benzene rings is 1. The van der Waals surface area contributed by atoms with Crippen LogP contribution in [0, 0.1) is 0 Å². The van der Waals surface area contributed by atoms with Crippen LogP contribution in [0.5, 0.6) is 0 Å². The fraction of sp³-hybridized carbons (Fsp3) is 0.294. The van der Waals surface area contributed by atoms with Gasteiger partial charge in [0.05, 0.1) is 46.5 Å². The summed E-state index contributed by atoms with van der Waals surface area (Å²) in [5.41, 5.74) is 1.16. The van der Waals surface area contributed by atoms with Crippen LogP contribution in [0.1, 0.15) is 11.5 Å². The van der Waals surface area contributed by atoms with Gasteiger partial charge in [-0.3, -0.25) is 4.98 Å². The zero-order valence-electron chi connectivity index (χ0n) is 13.6. The van der Waals surface area contributed by atoms with Crippen molar-refractivity contribution < 1.29 is 22.6 Å². The van der Waals surface area contributed by atoms with Crippen LogP contribution in [0.3, 0.4) is 0 Å². The zero-order chi connectivity index (χ0) is 19.2. The number of alkyl halides is 3. The highest BCUT2D eigenvalue weighted by atomic mass is 35.5. The number of hydrogen-bond donors (Lipinski definition) is 0. The lowest BCUT2D eigenvalue weighted by Gasteiger charge is -2.29. The van der Waals surface area contributed by atoms with E-state index in [4.69, 9.17) is 32.7 Å². The van der Waals surface area contributed by atoms with Gasteiger partial charge in [-0.2, -0.15) is 13.2 Å². The van der Waals surface area contributed by atoms with Gasteiger partial charge in [-0.1, -0.05) is 29.3 Å². The van der Waals surface area contributed by atoms with Gasteiger partial charge in [0.25, 0.3) is 0 Å². The van der Waals surface area contributed by atoms with E-state index in [2.05, 4.69) is 9.97 Å². The molecular weight excluding hydrogens is 406 g/mol. The molecule has 0 saturated carbocycles. The third-order valence-electron chi connectivity index (χ3n) is 4.20. The van der Waals surface area contributed by atoms with Crippen molar-refractivity contribution >= 4 is 34.2 Å². The first kappa shape index (κ1) is 18.5. The molecule has 0 aliphatic carbocycles. The van der Waals surface area contributed by atoms with E-state index >= 15 is 0 Å². The van der Waals surface area contributed by atoms with E-state index in [1.54, 1.807) is 24.4 Å². The Labute approximate surface area is 161 Å². The molecule has 142 valence electrons. The van der Waals surface area contributed by atoms with E-state index in [0.717, 1.165) is 0 Å². The Hall–Kier alpha value is -1.87. The van der Waals surface area contributed by atoms with Gasteiger partial charge in [0, 0.05) is 6.20 Å². The average molecular weight is 418 g/mol. The lowest BCUT2D eigenvalue weighted by Crippen LogP contribution is -2.45. The second kappa shape index (κ2) is 6.63. The zero-order valence-corrected chi connectivity index (χ0v) is 15.1. The Morgan fingerprint density at radius 2 is 1.81 bits per heavy atom. The van der Waals surface area contributed by atoms with Gasteiger partial charge in [-0.05, 0) is 24.3 Å². The number of fused-ring (bicyclic) bond motifs is 1. The molecule has 0 bridgehead atoms. The highest BCUT2D eigenvalue weighted by Crippen LogP contribution is 2.46. The van der Waals surface area contributed by atoms with E-state index in [0.29, 0.717) is 11.2 Å². The van der Waals surface area contributed by atoms with Gasteiger partial charge in [-0.25, -0.2) is 4.98 Å². The Morgan fingerprint density at radius 3 is 2.44 bits per heavy atom. The SMILES string of the molecule is FC(F)(F)C1(c2nc3cc(Cl)c(Cl)cc3n2Cc2ccccn2)OCCO1. The molecule has 10 heteroatoms. The summed E-state index contributed by atoms with van der Waals surface area (Å²) < 4.78 is 53.2. The molecule has 1 saturated heterocycles. The fourth-order valence-electron chi connectivity index (χ4n) is 3.02. The molecule has 0 N–H and O–H groups in total. The van der Waals surface area contributed by atoms with Crippen molar-refractivity contribution in [1.29, 1.82) is 0 Å². The van der Waals surface area contributed by atoms with E-state index in [1.807, 2.05) is 0 Å². The van der Waals surface area contributed by atoms with Crippen LogP contribution in [-0.4, -0.2) is 33.9 Å². The van der Waals surface area contributed by atoms with Crippen LogP contribution in [0.2, 0.25) is 10.0 Å². The molecule has 3 aromatic rings. The second-order valence-electron chi connectivity index (χ2n) is 5.91. The van der Waals surface area contributed by atoms with Crippen molar-refractivity contribution in [2.75, 3.05) is 13.2 Å². The summed E-state index contributed by atoms with van der Waals surface area (Å²) in [5.74, 6) is -3.38. The predicted molar refractivity (Wildman–Crippen MR) is 92.7 cm³/mol. The fourth-order valence-corrected chi connectivity index (χ4v) is 3.33. The Morgan fingerprint density at radius 1 is 1.11 bits per heavy atom. The minimum atomic E-state index is -4.83. The summed E-state index contributed by atoms with van der Waals surface area (Å²) in [5, 5.41) is 0.389. The lowest BCUT2D eigenvalue weighted by atomic mass is 10.2. The number of rotatable bonds is 3. The Kier molecular flexibility index (Phi) is 4.54. The summed E-state index contributed by atoms with van der Waals surface area (Å²) in [6.07, 6.45) is -3.28. The third kappa shape index (κ3) is 3.06. The van der Waals surface area contributed by atoms with E-state index < -0.39 is 17.8 Å². The monoisotopic (exact) mass is 417 g/mol. The first-order valence-electron chi connectivity index (χ1n) is 7.92. The molecule has 27 heavy (non-hydrogen) atoms. The molecule has 1 aliphatic heterocycles. The van der Waals surface area contributed by atoms with Crippen LogP contribution in [0.4, 0.5) is 13.2 Å². The van der Waals surface area contributed by atoms with Crippen LogP contribution in [-0.2, 0) is 21.8 Å². The van der Waals surface area contributed by atoms with E-state index in [-0.39, 0.29) is 35.3 Å². The summed E-state index contributed by atoms with van der Waals surface area (Å²) >= 11 is 12.1. The topological polar surface area (TPSA) is 49.2 Å². The molecule has 4 rings (SSSR count). The smallest absolute Gasteiger partial charge is 0.334 e. The highest BCUT2D eigenvalue weighted by molar-refractivity contribution is 6.42.